The molecule has 0 aromatic heterocycles. The highest BCUT2D eigenvalue weighted by Gasteiger charge is 2.32. The van der Waals surface area contributed by atoms with Crippen molar-refractivity contribution in [2.75, 3.05) is 12.3 Å². The molecule has 6 nitrogen and oxygen atoms in total. The third-order valence-corrected chi connectivity index (χ3v) is 7.23. The van der Waals surface area contributed by atoms with Crippen molar-refractivity contribution >= 4 is 41.0 Å². The topological polar surface area (TPSA) is 76.2 Å². The summed E-state index contributed by atoms with van der Waals surface area (Å²) in [5, 5.41) is 18.6. The van der Waals surface area contributed by atoms with E-state index in [4.69, 9.17) is 10.4 Å². The molecule has 2 aromatic carbocycles. The maximum absolute atomic E-state index is 12.7. The van der Waals surface area contributed by atoms with Gasteiger partial charge in [-0.25, -0.2) is 15.0 Å². The van der Waals surface area contributed by atoms with Crippen LogP contribution in [-0.4, -0.2) is 53.1 Å². The number of para-hydroxylation sites is 1. The van der Waals surface area contributed by atoms with Gasteiger partial charge in [0.05, 0.1) is 23.8 Å². The molecule has 1 aliphatic heterocycles. The van der Waals surface area contributed by atoms with Crippen molar-refractivity contribution in [3.63, 3.8) is 0 Å². The van der Waals surface area contributed by atoms with Crippen molar-refractivity contribution in [3.8, 4) is 0 Å². The largest absolute Gasteiger partial charge is 0.416 e. The monoisotopic (exact) mass is 552 g/mol. The van der Waals surface area contributed by atoms with E-state index in [2.05, 4.69) is 35.3 Å². The number of halogens is 3. The van der Waals surface area contributed by atoms with Gasteiger partial charge < -0.3 is 5.32 Å². The van der Waals surface area contributed by atoms with Crippen molar-refractivity contribution in [1.82, 2.24) is 10.3 Å². The minimum Gasteiger partial charge on any atom is -0.369 e. The van der Waals surface area contributed by atoms with Crippen LogP contribution in [0.5, 0.6) is 0 Å². The fraction of sp³-hybridized carbons (Fsp3) is 0.310. The Bertz CT molecular complexity index is 1310. The molecular weight excluding hydrogens is 521 g/mol. The number of alkyl halides is 3. The van der Waals surface area contributed by atoms with Crippen LogP contribution in [0.2, 0.25) is 0 Å². The summed E-state index contributed by atoms with van der Waals surface area (Å²) in [5.74, 6) is 1.42. The maximum atomic E-state index is 12.7. The van der Waals surface area contributed by atoms with Crippen LogP contribution in [-0.2, 0) is 0 Å². The molecule has 2 aliphatic rings. The molecule has 204 valence electrons. The van der Waals surface area contributed by atoms with Gasteiger partial charge in [-0.1, -0.05) is 86.3 Å². The van der Waals surface area contributed by atoms with Gasteiger partial charge in [0.15, 0.2) is 11.0 Å². The molecule has 0 saturated carbocycles. The van der Waals surface area contributed by atoms with Crippen LogP contribution in [0, 0.1) is 5.41 Å². The summed E-state index contributed by atoms with van der Waals surface area (Å²) >= 11 is 1.70. The van der Waals surface area contributed by atoms with E-state index in [9.17, 15) is 13.2 Å². The summed E-state index contributed by atoms with van der Waals surface area (Å²) in [6.07, 6.45) is 3.68. The lowest BCUT2D eigenvalue weighted by atomic mass is 10.0. The quantitative estimate of drug-likeness (QED) is 0.286. The predicted octanol–water partition coefficient (Wildman–Crippen LogP) is 7.03. The maximum Gasteiger partial charge on any atom is 0.416 e. The molecule has 1 unspecified atom stereocenters. The molecule has 1 heterocycles. The number of thioether (sulfide) groups is 1. The highest BCUT2D eigenvalue weighted by Crippen LogP contribution is 2.30. The van der Waals surface area contributed by atoms with E-state index < -0.39 is 11.7 Å². The smallest absolute Gasteiger partial charge is 0.369 e. The van der Waals surface area contributed by atoms with E-state index in [1.54, 1.807) is 30.1 Å². The van der Waals surface area contributed by atoms with E-state index in [-0.39, 0.29) is 18.3 Å². The molecule has 0 amide bonds. The number of benzene rings is 2. The first kappa shape index (κ1) is 28.4. The predicted molar refractivity (Wildman–Crippen MR) is 156 cm³/mol. The summed E-state index contributed by atoms with van der Waals surface area (Å²) in [6.45, 7) is 5.12. The number of nitrogens with zero attached hydrogens (tertiary/aromatic N) is 4. The van der Waals surface area contributed by atoms with Crippen molar-refractivity contribution in [2.24, 2.45) is 15.1 Å². The molecule has 39 heavy (non-hydrogen) atoms. The molecule has 0 radical (unpaired) electrons. The number of allylic oxidation sites excluding steroid dienone is 2. The lowest BCUT2D eigenvalue weighted by Gasteiger charge is -2.25. The standard InChI is InChI=1S/C29H31F3N6S/c1-20(2)25-6-3-4-7-26(25)37-28-38(16-5-17-39-28)36-18-21-8-10-22(11-9-21)27(33)35-19-34-24-14-12-23(13-15-24)29(30,31)32/h3-4,6-14,18-20,24H,5,15-17H2,1-2H3,(H2,33,34,35)/b36-18+,37-28-. The van der Waals surface area contributed by atoms with Crippen LogP contribution in [0.1, 0.15) is 49.3 Å². The lowest BCUT2D eigenvalue weighted by Crippen LogP contribution is -2.29. The zero-order valence-electron chi connectivity index (χ0n) is 21.8. The number of amidine groups is 2. The second-order valence-electron chi connectivity index (χ2n) is 9.43. The Kier molecular flexibility index (Phi) is 9.40. The number of hydrogen-bond acceptors (Lipinski definition) is 4. The van der Waals surface area contributed by atoms with Gasteiger partial charge >= 0.3 is 6.18 Å². The number of rotatable bonds is 7. The Morgan fingerprint density at radius 3 is 2.62 bits per heavy atom. The molecule has 1 atom stereocenters. The molecule has 10 heteroatoms. The fourth-order valence-electron chi connectivity index (χ4n) is 4.02. The van der Waals surface area contributed by atoms with Gasteiger partial charge in [-0.05, 0) is 36.0 Å². The Labute approximate surface area is 231 Å². The SMILES string of the molecule is CC(C)c1ccccc1/N=C1\SCCCN1/N=C/c1ccc(C(=N)/N=C\NC2C=CC(C(F)(F)F)=CC2)cc1. The van der Waals surface area contributed by atoms with Gasteiger partial charge in [0.2, 0.25) is 0 Å². The van der Waals surface area contributed by atoms with E-state index in [1.807, 2.05) is 35.3 Å². The van der Waals surface area contributed by atoms with E-state index in [1.165, 1.54) is 18.0 Å². The summed E-state index contributed by atoms with van der Waals surface area (Å²) < 4.78 is 38.1. The van der Waals surface area contributed by atoms with Crippen molar-refractivity contribution in [3.05, 3.63) is 89.0 Å². The van der Waals surface area contributed by atoms with Crippen LogP contribution in [0.15, 0.2) is 87.4 Å². The fourth-order valence-corrected chi connectivity index (χ4v) is 4.92. The zero-order chi connectivity index (χ0) is 27.8. The molecule has 2 N–H and O–H groups in total. The Hall–Kier alpha value is -3.66. The van der Waals surface area contributed by atoms with Crippen LogP contribution >= 0.6 is 11.8 Å². The van der Waals surface area contributed by atoms with Crippen LogP contribution in [0.4, 0.5) is 18.9 Å². The van der Waals surface area contributed by atoms with Gasteiger partial charge in [0.25, 0.3) is 0 Å². The van der Waals surface area contributed by atoms with E-state index >= 15 is 0 Å². The molecule has 0 bridgehead atoms. The summed E-state index contributed by atoms with van der Waals surface area (Å²) in [7, 11) is 0. The average molecular weight is 553 g/mol. The number of nitrogens with one attached hydrogen (secondary N) is 2. The van der Waals surface area contributed by atoms with Crippen molar-refractivity contribution in [2.45, 2.75) is 44.8 Å². The summed E-state index contributed by atoms with van der Waals surface area (Å²) in [6, 6.07) is 15.2. The molecule has 4 rings (SSSR count). The highest BCUT2D eigenvalue weighted by molar-refractivity contribution is 8.13. The van der Waals surface area contributed by atoms with Gasteiger partial charge in [0.1, 0.15) is 0 Å². The lowest BCUT2D eigenvalue weighted by molar-refractivity contribution is -0.0886. The van der Waals surface area contributed by atoms with E-state index in [0.717, 1.165) is 47.3 Å². The highest BCUT2D eigenvalue weighted by atomic mass is 32.2. The zero-order valence-corrected chi connectivity index (χ0v) is 22.6. The average Bonchev–Trinajstić information content (AvgIpc) is 2.93. The second kappa shape index (κ2) is 12.9. The van der Waals surface area contributed by atoms with Crippen LogP contribution < -0.4 is 5.32 Å². The minimum absolute atomic E-state index is 0.0444. The molecule has 1 aliphatic carbocycles. The van der Waals surface area contributed by atoms with E-state index in [0.29, 0.717) is 11.5 Å². The van der Waals surface area contributed by atoms with Gasteiger partial charge in [-0.2, -0.15) is 18.3 Å². The van der Waals surface area contributed by atoms with Gasteiger partial charge in [-0.3, -0.25) is 5.41 Å². The molecule has 0 spiro atoms. The molecular formula is C29H31F3N6S. The normalized spacial score (nSPS) is 19.3. The van der Waals surface area contributed by atoms with Crippen LogP contribution in [0.25, 0.3) is 0 Å². The van der Waals surface area contributed by atoms with Crippen LogP contribution in [0.3, 0.4) is 0 Å². The number of hydrazone groups is 1. The first-order chi connectivity index (χ1) is 18.7. The third-order valence-electron chi connectivity index (χ3n) is 6.18. The minimum atomic E-state index is -4.34. The Morgan fingerprint density at radius 2 is 1.92 bits per heavy atom. The van der Waals surface area contributed by atoms with Gasteiger partial charge in [-0.15, -0.1) is 0 Å². The number of aliphatic imine (C=N–C) groups is 2. The Morgan fingerprint density at radius 1 is 1.15 bits per heavy atom. The number of hydrogen-bond donors (Lipinski definition) is 2. The third kappa shape index (κ3) is 7.92. The van der Waals surface area contributed by atoms with Gasteiger partial charge in [0, 0.05) is 23.9 Å². The first-order valence-electron chi connectivity index (χ1n) is 12.8. The molecule has 2 aromatic rings. The molecule has 1 fully saturated rings. The first-order valence-corrected chi connectivity index (χ1v) is 13.7. The molecule has 1 saturated heterocycles. The second-order valence-corrected chi connectivity index (χ2v) is 10.5. The summed E-state index contributed by atoms with van der Waals surface area (Å²) in [4.78, 5) is 9.02. The summed E-state index contributed by atoms with van der Waals surface area (Å²) in [5.41, 5.74) is 3.03. The van der Waals surface area contributed by atoms with Crippen molar-refractivity contribution < 1.29 is 13.2 Å². The van der Waals surface area contributed by atoms with Crippen molar-refractivity contribution in [1.29, 1.82) is 5.41 Å². The Balaban J connectivity index is 1.35.